The summed E-state index contributed by atoms with van der Waals surface area (Å²) in [6.07, 6.45) is 1.43. The second-order valence-corrected chi connectivity index (χ2v) is 3.29. The minimum atomic E-state index is -0.598. The number of esters is 1. The molecule has 1 aromatic rings. The standard InChI is InChI=1S/C10H11ClN2O3/c1-3-15-10(14)9(13-12-7(2)11)8-5-4-6-16-8/h4-6H,3H2,1-2H3. The van der Waals surface area contributed by atoms with Gasteiger partial charge in [-0.3, -0.25) is 0 Å². The van der Waals surface area contributed by atoms with Crippen molar-refractivity contribution in [1.29, 1.82) is 0 Å². The van der Waals surface area contributed by atoms with Crippen LogP contribution in [0.5, 0.6) is 0 Å². The molecule has 0 bridgehead atoms. The first-order valence-corrected chi connectivity index (χ1v) is 5.01. The topological polar surface area (TPSA) is 64.2 Å². The van der Waals surface area contributed by atoms with Crippen LogP contribution in [0.15, 0.2) is 33.0 Å². The van der Waals surface area contributed by atoms with Crippen molar-refractivity contribution in [2.75, 3.05) is 6.61 Å². The lowest BCUT2D eigenvalue weighted by molar-refractivity contribution is -0.135. The maximum absolute atomic E-state index is 11.5. The highest BCUT2D eigenvalue weighted by atomic mass is 35.5. The average molecular weight is 243 g/mol. The maximum atomic E-state index is 11.5. The lowest BCUT2D eigenvalue weighted by Crippen LogP contribution is -2.18. The highest BCUT2D eigenvalue weighted by Gasteiger charge is 2.18. The van der Waals surface area contributed by atoms with Crippen molar-refractivity contribution in [1.82, 2.24) is 0 Å². The fourth-order valence-electron chi connectivity index (χ4n) is 0.922. The average Bonchev–Trinajstić information content (AvgIpc) is 2.71. The number of carbonyl (C=O) groups is 1. The Morgan fingerprint density at radius 2 is 2.31 bits per heavy atom. The van der Waals surface area contributed by atoms with E-state index in [2.05, 4.69) is 10.2 Å². The highest BCUT2D eigenvalue weighted by Crippen LogP contribution is 2.05. The lowest BCUT2D eigenvalue weighted by atomic mass is 10.3. The Morgan fingerprint density at radius 3 is 2.81 bits per heavy atom. The Bertz CT molecular complexity index is 406. The second-order valence-electron chi connectivity index (χ2n) is 2.74. The molecule has 0 fully saturated rings. The first-order chi connectivity index (χ1) is 7.65. The largest absolute Gasteiger partial charge is 0.462 e. The van der Waals surface area contributed by atoms with Gasteiger partial charge in [-0.05, 0) is 26.0 Å². The molecule has 0 atom stereocenters. The van der Waals surface area contributed by atoms with Crippen molar-refractivity contribution in [2.24, 2.45) is 10.2 Å². The van der Waals surface area contributed by atoms with Crippen LogP contribution in [0.2, 0.25) is 0 Å². The Hall–Kier alpha value is -1.62. The third-order valence-electron chi connectivity index (χ3n) is 1.51. The van der Waals surface area contributed by atoms with Crippen LogP contribution >= 0.6 is 11.6 Å². The third kappa shape index (κ3) is 3.51. The van der Waals surface area contributed by atoms with Crippen molar-refractivity contribution in [3.8, 4) is 0 Å². The smallest absolute Gasteiger partial charge is 0.362 e. The molecule has 0 amide bonds. The molecule has 0 radical (unpaired) electrons. The summed E-state index contributed by atoms with van der Waals surface area (Å²) in [7, 11) is 0. The maximum Gasteiger partial charge on any atom is 0.362 e. The molecule has 16 heavy (non-hydrogen) atoms. The van der Waals surface area contributed by atoms with Gasteiger partial charge in [-0.1, -0.05) is 11.6 Å². The summed E-state index contributed by atoms with van der Waals surface area (Å²) in [5.74, 6) is -0.306. The van der Waals surface area contributed by atoms with E-state index in [9.17, 15) is 4.79 Å². The van der Waals surface area contributed by atoms with E-state index < -0.39 is 5.97 Å². The molecule has 0 spiro atoms. The lowest BCUT2D eigenvalue weighted by Gasteiger charge is -2.01. The van der Waals surface area contributed by atoms with Crippen LogP contribution in [0.1, 0.15) is 19.6 Å². The molecule has 5 nitrogen and oxygen atoms in total. The van der Waals surface area contributed by atoms with E-state index >= 15 is 0 Å². The van der Waals surface area contributed by atoms with Gasteiger partial charge in [-0.2, -0.15) is 0 Å². The minimum Gasteiger partial charge on any atom is -0.462 e. The van der Waals surface area contributed by atoms with E-state index in [0.29, 0.717) is 5.76 Å². The van der Waals surface area contributed by atoms with Gasteiger partial charge in [0.2, 0.25) is 5.71 Å². The van der Waals surface area contributed by atoms with E-state index in [4.69, 9.17) is 20.8 Å². The normalized spacial score (nSPS) is 12.7. The predicted octanol–water partition coefficient (Wildman–Crippen LogP) is 2.20. The summed E-state index contributed by atoms with van der Waals surface area (Å²) in [6, 6.07) is 3.23. The van der Waals surface area contributed by atoms with Gasteiger partial charge in [0.15, 0.2) is 5.76 Å². The van der Waals surface area contributed by atoms with Crippen LogP contribution in [-0.2, 0) is 9.53 Å². The number of hydrogen-bond donors (Lipinski definition) is 0. The second kappa shape index (κ2) is 6.07. The fraction of sp³-hybridized carbons (Fsp3) is 0.300. The molecule has 0 aliphatic heterocycles. The predicted molar refractivity (Wildman–Crippen MR) is 60.8 cm³/mol. The Labute approximate surface area is 97.8 Å². The fourth-order valence-corrected chi connectivity index (χ4v) is 0.960. The summed E-state index contributed by atoms with van der Waals surface area (Å²) in [6.45, 7) is 3.51. The van der Waals surface area contributed by atoms with E-state index in [1.807, 2.05) is 0 Å². The zero-order valence-electron chi connectivity index (χ0n) is 8.94. The molecule has 0 aliphatic carbocycles. The van der Waals surface area contributed by atoms with Gasteiger partial charge in [0.1, 0.15) is 5.17 Å². The number of halogens is 1. The number of rotatable bonds is 4. The van der Waals surface area contributed by atoms with Gasteiger partial charge in [0.05, 0.1) is 12.9 Å². The van der Waals surface area contributed by atoms with Gasteiger partial charge >= 0.3 is 5.97 Å². The number of carbonyl (C=O) groups excluding carboxylic acids is 1. The minimum absolute atomic E-state index is 0.00755. The van der Waals surface area contributed by atoms with Gasteiger partial charge in [0, 0.05) is 0 Å². The van der Waals surface area contributed by atoms with Crippen molar-refractivity contribution in [2.45, 2.75) is 13.8 Å². The summed E-state index contributed by atoms with van der Waals surface area (Å²) in [5.41, 5.74) is -0.00755. The van der Waals surface area contributed by atoms with Gasteiger partial charge < -0.3 is 9.15 Å². The summed E-state index contributed by atoms with van der Waals surface area (Å²) in [4.78, 5) is 11.5. The van der Waals surface area contributed by atoms with Crippen LogP contribution in [0.25, 0.3) is 0 Å². The molecule has 1 aromatic heterocycles. The zero-order chi connectivity index (χ0) is 12.0. The van der Waals surface area contributed by atoms with Crippen molar-refractivity contribution in [3.05, 3.63) is 24.2 Å². The van der Waals surface area contributed by atoms with Gasteiger partial charge in [-0.15, -0.1) is 10.2 Å². The van der Waals surface area contributed by atoms with Crippen LogP contribution in [0, 0.1) is 0 Å². The Balaban J connectivity index is 2.99. The van der Waals surface area contributed by atoms with Crippen LogP contribution in [0.4, 0.5) is 0 Å². The molecule has 0 saturated heterocycles. The third-order valence-corrected chi connectivity index (χ3v) is 1.59. The zero-order valence-corrected chi connectivity index (χ0v) is 9.69. The van der Waals surface area contributed by atoms with Crippen LogP contribution < -0.4 is 0 Å². The summed E-state index contributed by atoms with van der Waals surface area (Å²) < 4.78 is 9.87. The molecule has 86 valence electrons. The molecule has 0 unspecified atom stereocenters. The molecule has 1 heterocycles. The van der Waals surface area contributed by atoms with E-state index in [0.717, 1.165) is 0 Å². The molecule has 0 aromatic carbocycles. The Kier molecular flexibility index (Phi) is 4.72. The van der Waals surface area contributed by atoms with E-state index in [1.54, 1.807) is 26.0 Å². The van der Waals surface area contributed by atoms with Crippen molar-refractivity contribution < 1.29 is 13.9 Å². The Morgan fingerprint density at radius 1 is 1.56 bits per heavy atom. The molecule has 6 heteroatoms. The van der Waals surface area contributed by atoms with Crippen molar-refractivity contribution >= 4 is 28.5 Å². The van der Waals surface area contributed by atoms with Gasteiger partial charge in [-0.25, -0.2) is 4.79 Å². The molecular formula is C10H11ClN2O3. The number of furan rings is 1. The summed E-state index contributed by atoms with van der Waals surface area (Å²) >= 11 is 5.53. The molecule has 0 saturated carbocycles. The van der Waals surface area contributed by atoms with E-state index in [1.165, 1.54) is 6.26 Å². The molecule has 0 N–H and O–H groups in total. The van der Waals surface area contributed by atoms with Crippen LogP contribution in [0.3, 0.4) is 0 Å². The van der Waals surface area contributed by atoms with Crippen molar-refractivity contribution in [3.63, 3.8) is 0 Å². The van der Waals surface area contributed by atoms with Crippen LogP contribution in [-0.4, -0.2) is 23.5 Å². The number of hydrogen-bond acceptors (Lipinski definition) is 5. The summed E-state index contributed by atoms with van der Waals surface area (Å²) in [5, 5.41) is 7.50. The molecule has 0 aliphatic rings. The monoisotopic (exact) mass is 242 g/mol. The first kappa shape index (κ1) is 12.4. The van der Waals surface area contributed by atoms with E-state index in [-0.39, 0.29) is 17.5 Å². The first-order valence-electron chi connectivity index (χ1n) is 4.64. The SMILES string of the molecule is CCOC(=O)C(=NN=C(C)Cl)c1ccco1. The molecule has 1 rings (SSSR count). The quantitative estimate of drug-likeness (QED) is 0.462. The highest BCUT2D eigenvalue weighted by molar-refractivity contribution is 6.64. The number of ether oxygens (including phenoxy) is 1. The number of nitrogens with zero attached hydrogens (tertiary/aromatic N) is 2. The van der Waals surface area contributed by atoms with Gasteiger partial charge in [0.25, 0.3) is 0 Å². The molecular weight excluding hydrogens is 232 g/mol.